The van der Waals surface area contributed by atoms with E-state index in [9.17, 15) is 13.2 Å². The van der Waals surface area contributed by atoms with E-state index < -0.39 is 11.7 Å². The summed E-state index contributed by atoms with van der Waals surface area (Å²) in [6, 6.07) is 5.10. The fourth-order valence-corrected chi connectivity index (χ4v) is 2.76. The number of hydrogen-bond donors (Lipinski definition) is 0. The number of aryl methyl sites for hydroxylation is 1. The predicted octanol–water partition coefficient (Wildman–Crippen LogP) is 5.35. The van der Waals surface area contributed by atoms with Gasteiger partial charge in [-0.25, -0.2) is 4.98 Å². The summed E-state index contributed by atoms with van der Waals surface area (Å²) in [4.78, 5) is 5.38. The molecule has 1 nitrogen and oxygen atoms in total. The van der Waals surface area contributed by atoms with E-state index in [0.29, 0.717) is 5.56 Å². The van der Waals surface area contributed by atoms with Crippen LogP contribution in [0.25, 0.3) is 10.6 Å². The van der Waals surface area contributed by atoms with Crippen LogP contribution >= 0.6 is 11.3 Å². The summed E-state index contributed by atoms with van der Waals surface area (Å²) in [5.41, 5.74) is 1.02. The van der Waals surface area contributed by atoms with Crippen molar-refractivity contribution >= 4 is 11.3 Å². The highest BCUT2D eigenvalue weighted by Crippen LogP contribution is 2.33. The summed E-state index contributed by atoms with van der Waals surface area (Å²) >= 11 is 1.43. The van der Waals surface area contributed by atoms with E-state index in [2.05, 4.69) is 18.8 Å². The highest BCUT2D eigenvalue weighted by atomic mass is 32.1. The van der Waals surface area contributed by atoms with Gasteiger partial charge in [0.05, 0.1) is 11.3 Å². The van der Waals surface area contributed by atoms with E-state index in [1.807, 2.05) is 0 Å². The van der Waals surface area contributed by atoms with Gasteiger partial charge in [-0.1, -0.05) is 25.5 Å². The Morgan fingerprint density at radius 1 is 1.20 bits per heavy atom. The topological polar surface area (TPSA) is 12.9 Å². The average Bonchev–Trinajstić information content (AvgIpc) is 2.77. The Balaban J connectivity index is 2.24. The van der Waals surface area contributed by atoms with Gasteiger partial charge in [-0.3, -0.25) is 0 Å². The second-order valence-corrected chi connectivity index (χ2v) is 5.65. The van der Waals surface area contributed by atoms with E-state index in [-0.39, 0.29) is 0 Å². The molecule has 1 aromatic heterocycles. The van der Waals surface area contributed by atoms with Crippen molar-refractivity contribution in [2.75, 3.05) is 0 Å². The highest BCUT2D eigenvalue weighted by Gasteiger charge is 2.30. The van der Waals surface area contributed by atoms with E-state index in [0.717, 1.165) is 47.0 Å². The fourth-order valence-electron chi connectivity index (χ4n) is 1.85. The number of thiazole rings is 1. The van der Waals surface area contributed by atoms with Crippen molar-refractivity contribution in [1.82, 2.24) is 4.98 Å². The normalized spacial score (nSPS) is 11.8. The van der Waals surface area contributed by atoms with Crippen molar-refractivity contribution < 1.29 is 13.2 Å². The van der Waals surface area contributed by atoms with Crippen molar-refractivity contribution in [3.05, 3.63) is 47.3 Å². The molecular formula is C15H15F3NS. The van der Waals surface area contributed by atoms with Crippen molar-refractivity contribution in [3.8, 4) is 10.6 Å². The SMILES string of the molecule is [CH2]c1sc(-c2ccc(C(F)(F)F)cc2)nc1CCCC. The van der Waals surface area contributed by atoms with Crippen LogP contribution in [0.15, 0.2) is 24.3 Å². The Labute approximate surface area is 120 Å². The van der Waals surface area contributed by atoms with Crippen LogP contribution in [0.1, 0.15) is 35.9 Å². The molecule has 0 aliphatic rings. The number of hydrogen-bond acceptors (Lipinski definition) is 2. The Morgan fingerprint density at radius 3 is 2.40 bits per heavy atom. The van der Waals surface area contributed by atoms with Gasteiger partial charge in [0.25, 0.3) is 0 Å². The molecule has 20 heavy (non-hydrogen) atoms. The molecule has 0 aliphatic carbocycles. The summed E-state index contributed by atoms with van der Waals surface area (Å²) in [7, 11) is 0. The molecule has 0 saturated carbocycles. The van der Waals surface area contributed by atoms with Crippen molar-refractivity contribution in [2.24, 2.45) is 0 Å². The minimum atomic E-state index is -4.30. The average molecular weight is 298 g/mol. The molecule has 0 bridgehead atoms. The molecule has 1 radical (unpaired) electrons. The van der Waals surface area contributed by atoms with Gasteiger partial charge in [-0.15, -0.1) is 11.3 Å². The van der Waals surface area contributed by atoms with Crippen molar-refractivity contribution in [3.63, 3.8) is 0 Å². The number of aromatic nitrogens is 1. The van der Waals surface area contributed by atoms with E-state index in [1.54, 1.807) is 0 Å². The maximum Gasteiger partial charge on any atom is 0.416 e. The molecule has 0 saturated heterocycles. The van der Waals surface area contributed by atoms with Gasteiger partial charge in [-0.05, 0) is 31.9 Å². The summed E-state index contributed by atoms with van der Waals surface area (Å²) in [5.74, 6) is 0. The number of alkyl halides is 3. The van der Waals surface area contributed by atoms with Gasteiger partial charge in [0.15, 0.2) is 0 Å². The summed E-state index contributed by atoms with van der Waals surface area (Å²) < 4.78 is 37.5. The number of halogens is 3. The van der Waals surface area contributed by atoms with E-state index >= 15 is 0 Å². The Bertz CT molecular complexity index is 570. The molecule has 0 aliphatic heterocycles. The number of rotatable bonds is 4. The summed E-state index contributed by atoms with van der Waals surface area (Å²) in [5, 5.41) is 0.731. The minimum Gasteiger partial charge on any atom is -0.241 e. The van der Waals surface area contributed by atoms with Crippen LogP contribution in [0, 0.1) is 6.92 Å². The Hall–Kier alpha value is -1.36. The van der Waals surface area contributed by atoms with Crippen LogP contribution in [-0.2, 0) is 12.6 Å². The molecule has 1 aromatic carbocycles. The van der Waals surface area contributed by atoms with Gasteiger partial charge in [-0.2, -0.15) is 13.2 Å². The van der Waals surface area contributed by atoms with Crippen LogP contribution in [0.3, 0.4) is 0 Å². The molecule has 0 fully saturated rings. The molecular weight excluding hydrogens is 283 g/mol. The first-order valence-electron chi connectivity index (χ1n) is 6.41. The second-order valence-electron chi connectivity index (χ2n) is 4.57. The molecule has 0 N–H and O–H groups in total. The van der Waals surface area contributed by atoms with E-state index in [4.69, 9.17) is 0 Å². The lowest BCUT2D eigenvalue weighted by molar-refractivity contribution is -0.137. The largest absolute Gasteiger partial charge is 0.416 e. The second kappa shape index (κ2) is 5.95. The standard InChI is InChI=1S/C15H15F3NS/c1-3-4-5-13-10(2)20-14(19-13)11-6-8-12(9-7-11)15(16,17)18/h6-9H,2-5H2,1H3. The van der Waals surface area contributed by atoms with Crippen LogP contribution < -0.4 is 0 Å². The predicted molar refractivity (Wildman–Crippen MR) is 75.6 cm³/mol. The highest BCUT2D eigenvalue weighted by molar-refractivity contribution is 7.15. The van der Waals surface area contributed by atoms with Crippen molar-refractivity contribution in [2.45, 2.75) is 32.4 Å². The molecule has 0 atom stereocenters. The fraction of sp³-hybridized carbons (Fsp3) is 0.333. The molecule has 2 aromatic rings. The van der Waals surface area contributed by atoms with Gasteiger partial charge < -0.3 is 0 Å². The quantitative estimate of drug-likeness (QED) is 0.741. The summed E-state index contributed by atoms with van der Waals surface area (Å²) in [6.07, 6.45) is -1.32. The van der Waals surface area contributed by atoms with Gasteiger partial charge in [0.1, 0.15) is 5.01 Å². The Kier molecular flexibility index (Phi) is 4.48. The van der Waals surface area contributed by atoms with Crippen LogP contribution in [0.2, 0.25) is 0 Å². The first kappa shape index (κ1) is 15.0. The lowest BCUT2D eigenvalue weighted by Gasteiger charge is -2.06. The van der Waals surface area contributed by atoms with Gasteiger partial charge >= 0.3 is 6.18 Å². The van der Waals surface area contributed by atoms with Crippen LogP contribution in [0.5, 0.6) is 0 Å². The zero-order valence-corrected chi connectivity index (χ0v) is 11.9. The third kappa shape index (κ3) is 3.39. The lowest BCUT2D eigenvalue weighted by Crippen LogP contribution is -2.03. The molecule has 5 heteroatoms. The molecule has 2 rings (SSSR count). The van der Waals surface area contributed by atoms with Crippen LogP contribution in [0.4, 0.5) is 13.2 Å². The molecule has 0 unspecified atom stereocenters. The smallest absolute Gasteiger partial charge is 0.241 e. The molecule has 107 valence electrons. The summed E-state index contributed by atoms with van der Waals surface area (Å²) in [6.45, 7) is 6.06. The third-order valence-corrected chi connectivity index (χ3v) is 4.01. The maximum atomic E-state index is 12.5. The molecule has 0 spiro atoms. The lowest BCUT2D eigenvalue weighted by atomic mass is 10.1. The van der Waals surface area contributed by atoms with Crippen LogP contribution in [-0.4, -0.2) is 4.98 Å². The van der Waals surface area contributed by atoms with Gasteiger partial charge in [0.2, 0.25) is 0 Å². The zero-order chi connectivity index (χ0) is 14.8. The maximum absolute atomic E-state index is 12.5. The molecule has 0 amide bonds. The monoisotopic (exact) mass is 298 g/mol. The number of nitrogens with zero attached hydrogens (tertiary/aromatic N) is 1. The van der Waals surface area contributed by atoms with E-state index in [1.165, 1.54) is 23.5 Å². The first-order valence-corrected chi connectivity index (χ1v) is 7.22. The van der Waals surface area contributed by atoms with Gasteiger partial charge in [0, 0.05) is 10.4 Å². The zero-order valence-electron chi connectivity index (χ0n) is 11.1. The third-order valence-electron chi connectivity index (χ3n) is 3.00. The Morgan fingerprint density at radius 2 is 1.85 bits per heavy atom. The number of unbranched alkanes of at least 4 members (excludes halogenated alkanes) is 1. The van der Waals surface area contributed by atoms with Crippen molar-refractivity contribution in [1.29, 1.82) is 0 Å². The minimum absolute atomic E-state index is 0.640. The molecule has 1 heterocycles. The number of benzene rings is 1. The first-order chi connectivity index (χ1) is 9.41.